The van der Waals surface area contributed by atoms with Crippen LogP contribution in [0.2, 0.25) is 0 Å². The average Bonchev–Trinajstić information content (AvgIpc) is 3.07. The van der Waals surface area contributed by atoms with Crippen LogP contribution in [-0.4, -0.2) is 18.2 Å². The highest BCUT2D eigenvalue weighted by molar-refractivity contribution is 7.72. The van der Waals surface area contributed by atoms with E-state index in [0.29, 0.717) is 16.8 Å². The molecule has 0 fully saturated rings. The second kappa shape index (κ2) is 6.93. The number of hydrogen-bond acceptors (Lipinski definition) is 4. The third-order valence-electron chi connectivity index (χ3n) is 3.82. The lowest BCUT2D eigenvalue weighted by Gasteiger charge is -2.11. The lowest BCUT2D eigenvalue weighted by atomic mass is 10.0. The van der Waals surface area contributed by atoms with E-state index in [0.717, 1.165) is 10.7 Å². The number of alkyl halides is 3. The molecule has 0 aliphatic rings. The van der Waals surface area contributed by atoms with Crippen LogP contribution in [0.25, 0.3) is 16.9 Å². The summed E-state index contributed by atoms with van der Waals surface area (Å²) < 4.78 is 62.7. The van der Waals surface area contributed by atoms with Gasteiger partial charge in [0, 0.05) is 12.1 Å². The zero-order valence-corrected chi connectivity index (χ0v) is 14.2. The van der Waals surface area contributed by atoms with Crippen molar-refractivity contribution in [1.82, 2.24) is 9.78 Å². The second-order valence-electron chi connectivity index (χ2n) is 5.46. The van der Waals surface area contributed by atoms with Gasteiger partial charge in [0.2, 0.25) is 0 Å². The number of hydrogen-bond donors (Lipinski definition) is 2. The Morgan fingerprint density at radius 1 is 1.04 bits per heavy atom. The van der Waals surface area contributed by atoms with Crippen LogP contribution in [0.1, 0.15) is 11.3 Å². The zero-order valence-electron chi connectivity index (χ0n) is 13.3. The molecule has 0 spiro atoms. The highest BCUT2D eigenvalue weighted by Gasteiger charge is 2.35. The van der Waals surface area contributed by atoms with Crippen LogP contribution in [0.15, 0.2) is 59.5 Å². The Bertz CT molecular complexity index is 1000. The van der Waals surface area contributed by atoms with Crippen molar-refractivity contribution in [2.45, 2.75) is 17.6 Å². The van der Waals surface area contributed by atoms with Crippen molar-refractivity contribution < 1.29 is 21.6 Å². The number of benzene rings is 2. The molecule has 5 nitrogen and oxygen atoms in total. The fraction of sp³-hybridized carbons (Fsp3) is 0.118. The van der Waals surface area contributed by atoms with Gasteiger partial charge in [0.25, 0.3) is 0 Å². The van der Waals surface area contributed by atoms with Crippen LogP contribution in [0, 0.1) is 0 Å². The normalized spacial score (nSPS) is 11.9. The first-order valence-corrected chi connectivity index (χ1v) is 8.69. The zero-order chi connectivity index (χ0) is 18.9. The molecule has 1 aromatic heterocycles. The number of nitrogens with zero attached hydrogens (tertiary/aromatic N) is 2. The van der Waals surface area contributed by atoms with Crippen LogP contribution >= 0.6 is 0 Å². The van der Waals surface area contributed by atoms with Gasteiger partial charge in [-0.1, -0.05) is 24.3 Å². The molecule has 3 rings (SSSR count). The Hall–Kier alpha value is -2.65. The molecule has 0 atom stereocenters. The minimum atomic E-state index is -4.62. The van der Waals surface area contributed by atoms with Gasteiger partial charge in [-0.3, -0.25) is 0 Å². The Kier molecular flexibility index (Phi) is 4.84. The second-order valence-corrected chi connectivity index (χ2v) is 6.49. The summed E-state index contributed by atoms with van der Waals surface area (Å²) in [4.78, 5) is 0.0656. The SMILES string of the molecule is NCc1ccccc1-c1cc(C(F)(F)F)nn1-c1ccc([SH](=O)=O)cc1. The molecule has 0 radical (unpaired) electrons. The monoisotopic (exact) mass is 381 g/mol. The molecule has 0 aliphatic heterocycles. The Morgan fingerprint density at radius 2 is 1.69 bits per heavy atom. The van der Waals surface area contributed by atoms with Crippen molar-refractivity contribution in [1.29, 1.82) is 0 Å². The minimum absolute atomic E-state index is 0.0656. The van der Waals surface area contributed by atoms with E-state index in [1.807, 2.05) is 0 Å². The summed E-state index contributed by atoms with van der Waals surface area (Å²) in [6.45, 7) is 0.151. The van der Waals surface area contributed by atoms with E-state index in [9.17, 15) is 21.6 Å². The molecular formula is C17H14F3N3O2S. The topological polar surface area (TPSA) is 78.0 Å². The van der Waals surface area contributed by atoms with Gasteiger partial charge in [0.15, 0.2) is 16.4 Å². The van der Waals surface area contributed by atoms with Crippen molar-refractivity contribution in [2.75, 3.05) is 0 Å². The molecule has 0 aliphatic carbocycles. The van der Waals surface area contributed by atoms with Crippen LogP contribution in [0.4, 0.5) is 13.2 Å². The van der Waals surface area contributed by atoms with Crippen molar-refractivity contribution in [3.8, 4) is 16.9 Å². The van der Waals surface area contributed by atoms with Gasteiger partial charge < -0.3 is 5.73 Å². The highest BCUT2D eigenvalue weighted by atomic mass is 32.2. The summed E-state index contributed by atoms with van der Waals surface area (Å²) in [5.41, 5.74) is 6.38. The molecule has 3 aromatic rings. The van der Waals surface area contributed by atoms with Crippen molar-refractivity contribution in [3.05, 3.63) is 65.9 Å². The maximum Gasteiger partial charge on any atom is 0.435 e. The van der Waals surface area contributed by atoms with Gasteiger partial charge in [-0.15, -0.1) is 0 Å². The fourth-order valence-electron chi connectivity index (χ4n) is 2.57. The summed E-state index contributed by atoms with van der Waals surface area (Å²) in [7, 11) is -2.78. The van der Waals surface area contributed by atoms with Crippen LogP contribution in [-0.2, 0) is 23.4 Å². The van der Waals surface area contributed by atoms with E-state index in [-0.39, 0.29) is 17.1 Å². The average molecular weight is 381 g/mol. The molecule has 0 unspecified atom stereocenters. The smallest absolute Gasteiger partial charge is 0.326 e. The number of halogens is 3. The van der Waals surface area contributed by atoms with Crippen LogP contribution in [0.3, 0.4) is 0 Å². The van der Waals surface area contributed by atoms with E-state index in [2.05, 4.69) is 5.10 Å². The first-order chi connectivity index (χ1) is 12.3. The molecule has 26 heavy (non-hydrogen) atoms. The molecule has 1 heterocycles. The third kappa shape index (κ3) is 3.49. The molecule has 136 valence electrons. The van der Waals surface area contributed by atoms with Crippen molar-refractivity contribution in [3.63, 3.8) is 0 Å². The van der Waals surface area contributed by atoms with Crippen LogP contribution in [0.5, 0.6) is 0 Å². The molecule has 2 N–H and O–H groups in total. The van der Waals surface area contributed by atoms with Gasteiger partial charge >= 0.3 is 6.18 Å². The standard InChI is InChI=1S/C17H14F3N3O2S/c18-17(19,20)16-9-15(14-4-2-1-3-11(14)10-21)23(22-16)12-5-7-13(8-6-12)26(24)25/h1-9,26H,10,21H2. The summed E-state index contributed by atoms with van der Waals surface area (Å²) in [5.74, 6) is 0. The van der Waals surface area contributed by atoms with E-state index in [1.165, 1.54) is 24.3 Å². The molecule has 9 heteroatoms. The highest BCUT2D eigenvalue weighted by Crippen LogP contribution is 2.34. The number of rotatable bonds is 4. The van der Waals surface area contributed by atoms with Crippen LogP contribution < -0.4 is 5.73 Å². The quantitative estimate of drug-likeness (QED) is 0.681. The lowest BCUT2D eigenvalue weighted by molar-refractivity contribution is -0.141. The van der Waals surface area contributed by atoms with E-state index in [4.69, 9.17) is 5.73 Å². The number of aromatic nitrogens is 2. The molecule has 2 aromatic carbocycles. The van der Waals surface area contributed by atoms with E-state index >= 15 is 0 Å². The van der Waals surface area contributed by atoms with Gasteiger partial charge in [-0.05, 0) is 35.9 Å². The van der Waals surface area contributed by atoms with Gasteiger partial charge in [-0.25, -0.2) is 13.1 Å². The predicted octanol–water partition coefficient (Wildman–Crippen LogP) is 2.99. The Labute approximate surface area is 148 Å². The summed E-state index contributed by atoms with van der Waals surface area (Å²) >= 11 is 0. The molecule has 0 saturated carbocycles. The largest absolute Gasteiger partial charge is 0.435 e. The first-order valence-electron chi connectivity index (χ1n) is 7.51. The molecule has 0 bridgehead atoms. The molecule has 0 amide bonds. The molecular weight excluding hydrogens is 367 g/mol. The first kappa shape index (κ1) is 18.2. The maximum atomic E-state index is 13.2. The Balaban J connectivity index is 2.22. The summed E-state index contributed by atoms with van der Waals surface area (Å²) in [6, 6.07) is 13.2. The Morgan fingerprint density at radius 3 is 2.27 bits per heavy atom. The van der Waals surface area contributed by atoms with Gasteiger partial charge in [-0.2, -0.15) is 18.3 Å². The van der Waals surface area contributed by atoms with E-state index < -0.39 is 22.6 Å². The summed E-state index contributed by atoms with van der Waals surface area (Å²) in [5, 5.41) is 3.68. The van der Waals surface area contributed by atoms with Crippen molar-refractivity contribution in [2.24, 2.45) is 5.73 Å². The number of thiol groups is 1. The van der Waals surface area contributed by atoms with E-state index in [1.54, 1.807) is 24.3 Å². The predicted molar refractivity (Wildman–Crippen MR) is 90.5 cm³/mol. The fourth-order valence-corrected chi connectivity index (χ4v) is 2.96. The molecule has 0 saturated heterocycles. The summed E-state index contributed by atoms with van der Waals surface area (Å²) in [6.07, 6.45) is -4.62. The lowest BCUT2D eigenvalue weighted by Crippen LogP contribution is -2.07. The minimum Gasteiger partial charge on any atom is -0.326 e. The van der Waals surface area contributed by atoms with Crippen molar-refractivity contribution >= 4 is 10.7 Å². The van der Waals surface area contributed by atoms with Gasteiger partial charge in [0.1, 0.15) is 0 Å². The van der Waals surface area contributed by atoms with Gasteiger partial charge in [0.05, 0.1) is 16.3 Å². The maximum absolute atomic E-state index is 13.2. The number of nitrogens with two attached hydrogens (primary N) is 1. The third-order valence-corrected chi connectivity index (χ3v) is 4.54.